The quantitative estimate of drug-likeness (QED) is 0.451. The molecule has 1 atom stereocenters. The topological polar surface area (TPSA) is 63.8 Å². The van der Waals surface area contributed by atoms with Gasteiger partial charge in [-0.15, -0.1) is 5.10 Å². The molecule has 14 heavy (non-hydrogen) atoms. The van der Waals surface area contributed by atoms with E-state index in [9.17, 15) is 0 Å². The Bertz CT molecular complexity index is 307. The molecule has 1 aromatic heterocycles. The van der Waals surface area contributed by atoms with Gasteiger partial charge < -0.3 is 0 Å². The van der Waals surface area contributed by atoms with Crippen LogP contribution in [0, 0.1) is 0 Å². The van der Waals surface area contributed by atoms with Crippen LogP contribution in [0.1, 0.15) is 36.6 Å². The van der Waals surface area contributed by atoms with Gasteiger partial charge in [-0.3, -0.25) is 5.84 Å². The predicted molar refractivity (Wildman–Crippen MR) is 56.5 cm³/mol. The van der Waals surface area contributed by atoms with E-state index >= 15 is 0 Å². The third-order valence-corrected chi connectivity index (χ3v) is 3.25. The zero-order valence-corrected chi connectivity index (χ0v) is 8.76. The number of hydrazine groups is 1. The van der Waals surface area contributed by atoms with Crippen LogP contribution in [0.15, 0.2) is 17.8 Å². The lowest BCUT2D eigenvalue weighted by Gasteiger charge is -2.20. The highest BCUT2D eigenvalue weighted by Gasteiger charge is 2.18. The molecule has 1 aliphatic rings. The maximum Gasteiger partial charge on any atom is 0.0794 e. The summed E-state index contributed by atoms with van der Waals surface area (Å²) in [6.45, 7) is 0. The number of nitrogens with one attached hydrogen (secondary N) is 1. The summed E-state index contributed by atoms with van der Waals surface area (Å²) in [6, 6.07) is 0.121. The predicted octanol–water partition coefficient (Wildman–Crippen LogP) is 1.54. The van der Waals surface area contributed by atoms with Crippen LogP contribution >= 0.6 is 11.5 Å². The van der Waals surface area contributed by atoms with Crippen LogP contribution < -0.4 is 11.3 Å². The Morgan fingerprint density at radius 2 is 2.43 bits per heavy atom. The summed E-state index contributed by atoms with van der Waals surface area (Å²) in [5.41, 5.74) is 4.22. The number of aromatic nitrogens is 2. The van der Waals surface area contributed by atoms with E-state index in [1.807, 2.05) is 0 Å². The van der Waals surface area contributed by atoms with Gasteiger partial charge in [0.25, 0.3) is 0 Å². The number of hydrogen-bond acceptors (Lipinski definition) is 5. The molecule has 0 bridgehead atoms. The Hall–Kier alpha value is -0.780. The molecule has 0 amide bonds. The van der Waals surface area contributed by atoms with Crippen molar-refractivity contribution in [2.24, 2.45) is 5.84 Å². The minimum Gasteiger partial charge on any atom is -0.271 e. The summed E-state index contributed by atoms with van der Waals surface area (Å²) in [7, 11) is 0. The largest absolute Gasteiger partial charge is 0.271 e. The van der Waals surface area contributed by atoms with Gasteiger partial charge in [0.1, 0.15) is 0 Å². The number of hydrogen-bond donors (Lipinski definition) is 2. The monoisotopic (exact) mass is 210 g/mol. The van der Waals surface area contributed by atoms with Crippen LogP contribution in [0.4, 0.5) is 0 Å². The van der Waals surface area contributed by atoms with Gasteiger partial charge in [-0.25, -0.2) is 5.43 Å². The highest BCUT2D eigenvalue weighted by Crippen LogP contribution is 2.30. The number of nitrogens with zero attached hydrogens (tertiary/aromatic N) is 2. The lowest BCUT2D eigenvalue weighted by molar-refractivity contribution is 0.571. The molecule has 0 spiro atoms. The van der Waals surface area contributed by atoms with Crippen LogP contribution in [-0.2, 0) is 0 Å². The Kier molecular flexibility index (Phi) is 3.23. The second kappa shape index (κ2) is 4.63. The summed E-state index contributed by atoms with van der Waals surface area (Å²) in [4.78, 5) is 1.10. The summed E-state index contributed by atoms with van der Waals surface area (Å²) in [5, 5.41) is 3.83. The molecule has 0 saturated carbocycles. The van der Waals surface area contributed by atoms with E-state index in [4.69, 9.17) is 5.84 Å². The Balaban J connectivity index is 2.16. The lowest BCUT2D eigenvalue weighted by Crippen LogP contribution is -2.29. The van der Waals surface area contributed by atoms with Crippen molar-refractivity contribution in [2.75, 3.05) is 0 Å². The summed E-state index contributed by atoms with van der Waals surface area (Å²) in [6.07, 6.45) is 8.92. The summed E-state index contributed by atoms with van der Waals surface area (Å²) < 4.78 is 3.85. The van der Waals surface area contributed by atoms with E-state index < -0.39 is 0 Å². The van der Waals surface area contributed by atoms with E-state index in [2.05, 4.69) is 21.1 Å². The normalized spacial score (nSPS) is 19.1. The third-order valence-electron chi connectivity index (χ3n) is 2.53. The molecule has 5 heteroatoms. The van der Waals surface area contributed by atoms with E-state index in [0.29, 0.717) is 0 Å². The molecule has 4 nitrogen and oxygen atoms in total. The zero-order chi connectivity index (χ0) is 9.80. The molecule has 1 aliphatic carbocycles. The van der Waals surface area contributed by atoms with E-state index in [-0.39, 0.29) is 6.04 Å². The van der Waals surface area contributed by atoms with E-state index in [1.165, 1.54) is 36.4 Å². The minimum atomic E-state index is 0.121. The van der Waals surface area contributed by atoms with Crippen molar-refractivity contribution in [1.82, 2.24) is 15.0 Å². The molecule has 1 unspecified atom stereocenters. The van der Waals surface area contributed by atoms with Gasteiger partial charge in [0.15, 0.2) is 0 Å². The highest BCUT2D eigenvalue weighted by atomic mass is 32.1. The fourth-order valence-electron chi connectivity index (χ4n) is 1.80. The van der Waals surface area contributed by atoms with Gasteiger partial charge in [-0.05, 0) is 37.2 Å². The highest BCUT2D eigenvalue weighted by molar-refractivity contribution is 7.05. The molecular weight excluding hydrogens is 196 g/mol. The van der Waals surface area contributed by atoms with Crippen molar-refractivity contribution < 1.29 is 0 Å². The number of rotatable bonds is 3. The minimum absolute atomic E-state index is 0.121. The van der Waals surface area contributed by atoms with Crippen molar-refractivity contribution in [3.8, 4) is 0 Å². The van der Waals surface area contributed by atoms with Crippen molar-refractivity contribution in [3.05, 3.63) is 22.7 Å². The molecule has 0 saturated heterocycles. The Morgan fingerprint density at radius 3 is 3.00 bits per heavy atom. The van der Waals surface area contributed by atoms with Gasteiger partial charge in [-0.2, -0.15) is 0 Å². The second-order valence-corrected chi connectivity index (χ2v) is 4.26. The van der Waals surface area contributed by atoms with Crippen molar-refractivity contribution >= 4 is 11.5 Å². The molecule has 3 N–H and O–H groups in total. The SMILES string of the molecule is NNC(C1=CCCCC1)c1cnns1. The first-order valence-electron chi connectivity index (χ1n) is 4.84. The van der Waals surface area contributed by atoms with Gasteiger partial charge in [-0.1, -0.05) is 16.1 Å². The Morgan fingerprint density at radius 1 is 1.50 bits per heavy atom. The van der Waals surface area contributed by atoms with Crippen molar-refractivity contribution in [3.63, 3.8) is 0 Å². The molecule has 1 heterocycles. The van der Waals surface area contributed by atoms with Gasteiger partial charge in [0.05, 0.1) is 17.1 Å². The molecule has 1 aromatic rings. The number of nitrogens with two attached hydrogens (primary N) is 1. The third kappa shape index (κ3) is 2.00. The maximum absolute atomic E-state index is 5.56. The molecule has 0 radical (unpaired) electrons. The van der Waals surface area contributed by atoms with Crippen LogP contribution in [0.5, 0.6) is 0 Å². The average Bonchev–Trinajstić information content (AvgIpc) is 2.74. The molecule has 0 aromatic carbocycles. The van der Waals surface area contributed by atoms with Crippen molar-refractivity contribution in [2.45, 2.75) is 31.7 Å². The van der Waals surface area contributed by atoms with Crippen LogP contribution in [0.2, 0.25) is 0 Å². The molecule has 76 valence electrons. The second-order valence-electron chi connectivity index (χ2n) is 3.44. The van der Waals surface area contributed by atoms with E-state index in [1.54, 1.807) is 6.20 Å². The van der Waals surface area contributed by atoms with Gasteiger partial charge in [0.2, 0.25) is 0 Å². The zero-order valence-electron chi connectivity index (χ0n) is 7.94. The van der Waals surface area contributed by atoms with Crippen LogP contribution in [0.3, 0.4) is 0 Å². The first-order chi connectivity index (χ1) is 6.92. The molecule has 2 rings (SSSR count). The molecule has 0 aliphatic heterocycles. The Labute approximate surface area is 87.3 Å². The summed E-state index contributed by atoms with van der Waals surface area (Å²) >= 11 is 1.40. The van der Waals surface area contributed by atoms with Crippen molar-refractivity contribution in [1.29, 1.82) is 0 Å². The smallest absolute Gasteiger partial charge is 0.0794 e. The average molecular weight is 210 g/mol. The van der Waals surface area contributed by atoms with Gasteiger partial charge in [0, 0.05) is 0 Å². The van der Waals surface area contributed by atoms with E-state index in [0.717, 1.165) is 11.3 Å². The molecular formula is C9H14N4S. The van der Waals surface area contributed by atoms with Crippen LogP contribution in [-0.4, -0.2) is 9.59 Å². The fourth-order valence-corrected chi connectivity index (χ4v) is 2.41. The standard InChI is InChI=1S/C9H14N4S/c10-12-9(8-6-11-13-14-8)7-4-2-1-3-5-7/h4,6,9,12H,1-3,5,10H2. The molecule has 0 fully saturated rings. The first-order valence-corrected chi connectivity index (χ1v) is 5.61. The summed E-state index contributed by atoms with van der Waals surface area (Å²) in [5.74, 6) is 5.56. The van der Waals surface area contributed by atoms with Crippen LogP contribution in [0.25, 0.3) is 0 Å². The maximum atomic E-state index is 5.56. The number of allylic oxidation sites excluding steroid dienone is 1. The van der Waals surface area contributed by atoms with Gasteiger partial charge >= 0.3 is 0 Å². The first kappa shape index (κ1) is 9.76. The lowest BCUT2D eigenvalue weighted by atomic mass is 9.94. The fraction of sp³-hybridized carbons (Fsp3) is 0.556.